The van der Waals surface area contributed by atoms with Crippen molar-refractivity contribution in [3.05, 3.63) is 59.7 Å². The molecule has 0 amide bonds. The molecule has 0 saturated heterocycles. The molecule has 0 radical (unpaired) electrons. The quantitative estimate of drug-likeness (QED) is 0.643. The van der Waals surface area contributed by atoms with E-state index < -0.39 is 6.36 Å². The van der Waals surface area contributed by atoms with Gasteiger partial charge in [0.25, 0.3) is 0 Å². The predicted octanol–water partition coefficient (Wildman–Crippen LogP) is 3.86. The Hall–Kier alpha value is -2.70. The summed E-state index contributed by atoms with van der Waals surface area (Å²) in [5.41, 5.74) is 8.11. The lowest BCUT2D eigenvalue weighted by Crippen LogP contribution is -2.24. The first-order chi connectivity index (χ1) is 11.3. The first-order valence-corrected chi connectivity index (χ1v) is 7.31. The molecule has 0 aromatic heterocycles. The van der Waals surface area contributed by atoms with Crippen LogP contribution in [0.5, 0.6) is 5.75 Å². The fourth-order valence-corrected chi connectivity index (χ4v) is 2.02. The van der Waals surface area contributed by atoms with E-state index in [2.05, 4.69) is 15.0 Å². The Labute approximate surface area is 138 Å². The van der Waals surface area contributed by atoms with Crippen LogP contribution in [0.2, 0.25) is 0 Å². The van der Waals surface area contributed by atoms with Crippen molar-refractivity contribution in [1.29, 1.82) is 0 Å². The molecule has 0 atom stereocenters. The van der Waals surface area contributed by atoms with Gasteiger partial charge < -0.3 is 15.8 Å². The second-order valence-corrected chi connectivity index (χ2v) is 5.17. The molecule has 2 aromatic carbocycles. The molecule has 128 valence electrons. The fraction of sp³-hybridized carbons (Fsp3) is 0.235. The summed E-state index contributed by atoms with van der Waals surface area (Å²) in [6, 6.07) is 13.7. The molecule has 0 aliphatic heterocycles. The first kappa shape index (κ1) is 17.7. The maximum Gasteiger partial charge on any atom is 0.573 e. The summed E-state index contributed by atoms with van der Waals surface area (Å²) >= 11 is 0. The summed E-state index contributed by atoms with van der Waals surface area (Å²) in [5.74, 6) is -0.331. The van der Waals surface area contributed by atoms with Crippen molar-refractivity contribution in [3.8, 4) is 5.75 Å². The number of anilines is 1. The Morgan fingerprint density at radius 3 is 2.46 bits per heavy atom. The number of aryl methyl sites for hydroxylation is 1. The van der Waals surface area contributed by atoms with E-state index in [1.807, 2.05) is 31.2 Å². The maximum absolute atomic E-state index is 12.4. The number of nitrogens with two attached hydrogens (primary N) is 1. The lowest BCUT2D eigenvalue weighted by Gasteiger charge is -2.14. The summed E-state index contributed by atoms with van der Waals surface area (Å²) in [5, 5.41) is 2.63. The molecular weight excluding hydrogens is 319 g/mol. The molecule has 0 aliphatic rings. The zero-order chi connectivity index (χ0) is 17.6. The van der Waals surface area contributed by atoms with E-state index >= 15 is 0 Å². The van der Waals surface area contributed by atoms with Gasteiger partial charge in [0.1, 0.15) is 0 Å². The van der Waals surface area contributed by atoms with Gasteiger partial charge >= 0.3 is 6.36 Å². The molecular formula is C17H18F3N3O. The fourth-order valence-electron chi connectivity index (χ4n) is 2.02. The van der Waals surface area contributed by atoms with E-state index in [9.17, 15) is 13.2 Å². The highest BCUT2D eigenvalue weighted by molar-refractivity contribution is 5.93. The first-order valence-electron chi connectivity index (χ1n) is 7.31. The van der Waals surface area contributed by atoms with Crippen LogP contribution in [0.25, 0.3) is 0 Å². The molecule has 4 nitrogen and oxygen atoms in total. The molecule has 0 aliphatic carbocycles. The number of halogens is 3. The molecule has 2 aromatic rings. The Balaban J connectivity index is 1.96. The lowest BCUT2D eigenvalue weighted by atomic mass is 10.1. The third kappa shape index (κ3) is 5.83. The van der Waals surface area contributed by atoms with Crippen molar-refractivity contribution in [2.24, 2.45) is 10.7 Å². The average Bonchev–Trinajstić information content (AvgIpc) is 2.50. The highest BCUT2D eigenvalue weighted by atomic mass is 19.4. The van der Waals surface area contributed by atoms with Crippen molar-refractivity contribution in [2.75, 3.05) is 11.9 Å². The number of para-hydroxylation sites is 2. The van der Waals surface area contributed by atoms with Crippen molar-refractivity contribution in [3.63, 3.8) is 0 Å². The molecule has 7 heteroatoms. The number of hydrogen-bond acceptors (Lipinski definition) is 2. The Kier molecular flexibility index (Phi) is 5.68. The number of nitrogens with one attached hydrogen (secondary N) is 1. The van der Waals surface area contributed by atoms with Gasteiger partial charge in [-0.3, -0.25) is 4.99 Å². The van der Waals surface area contributed by atoms with Crippen LogP contribution in [-0.4, -0.2) is 18.9 Å². The Morgan fingerprint density at radius 2 is 1.79 bits per heavy atom. The second kappa shape index (κ2) is 7.72. The van der Waals surface area contributed by atoms with Crippen LogP contribution in [0, 0.1) is 6.92 Å². The summed E-state index contributed by atoms with van der Waals surface area (Å²) < 4.78 is 41.0. The molecule has 0 unspecified atom stereocenters. The molecule has 0 bridgehead atoms. The van der Waals surface area contributed by atoms with Crippen LogP contribution >= 0.6 is 0 Å². The highest BCUT2D eigenvalue weighted by Crippen LogP contribution is 2.29. The number of guanidine groups is 1. The predicted molar refractivity (Wildman–Crippen MR) is 88.1 cm³/mol. The molecule has 0 saturated carbocycles. The van der Waals surface area contributed by atoms with Crippen molar-refractivity contribution >= 4 is 11.6 Å². The van der Waals surface area contributed by atoms with E-state index in [4.69, 9.17) is 5.73 Å². The van der Waals surface area contributed by atoms with E-state index in [1.54, 1.807) is 6.07 Å². The summed E-state index contributed by atoms with van der Waals surface area (Å²) in [7, 11) is 0. The summed E-state index contributed by atoms with van der Waals surface area (Å²) in [6.45, 7) is 2.43. The SMILES string of the molecule is Cc1ccc(CCN=C(N)Nc2ccccc2OC(F)(F)F)cc1. The Morgan fingerprint density at radius 1 is 1.12 bits per heavy atom. The number of ether oxygens (including phenoxy) is 1. The van der Waals surface area contributed by atoms with E-state index in [0.717, 1.165) is 5.56 Å². The molecule has 0 spiro atoms. The normalized spacial score (nSPS) is 12.1. The zero-order valence-electron chi connectivity index (χ0n) is 13.1. The molecule has 24 heavy (non-hydrogen) atoms. The number of aliphatic imine (C=N–C) groups is 1. The number of benzene rings is 2. The van der Waals surface area contributed by atoms with Gasteiger partial charge in [0, 0.05) is 6.54 Å². The molecule has 3 N–H and O–H groups in total. The topological polar surface area (TPSA) is 59.6 Å². The lowest BCUT2D eigenvalue weighted by molar-refractivity contribution is -0.274. The van der Waals surface area contributed by atoms with Crippen LogP contribution in [-0.2, 0) is 6.42 Å². The monoisotopic (exact) mass is 337 g/mol. The average molecular weight is 337 g/mol. The molecule has 0 heterocycles. The van der Waals surface area contributed by atoms with Crippen molar-refractivity contribution in [2.45, 2.75) is 19.7 Å². The number of nitrogens with zero attached hydrogens (tertiary/aromatic N) is 1. The van der Waals surface area contributed by atoms with Gasteiger partial charge in [0.2, 0.25) is 0 Å². The molecule has 0 fully saturated rings. The Bertz CT molecular complexity index is 697. The van der Waals surface area contributed by atoms with E-state index in [1.165, 1.54) is 23.8 Å². The zero-order valence-corrected chi connectivity index (χ0v) is 13.1. The summed E-state index contributed by atoms with van der Waals surface area (Å²) in [6.07, 6.45) is -4.08. The third-order valence-electron chi connectivity index (χ3n) is 3.18. The van der Waals surface area contributed by atoms with E-state index in [0.29, 0.717) is 13.0 Å². The number of rotatable bonds is 5. The van der Waals surface area contributed by atoms with Gasteiger partial charge in [0.05, 0.1) is 5.69 Å². The van der Waals surface area contributed by atoms with Gasteiger partial charge in [-0.25, -0.2) is 0 Å². The van der Waals surface area contributed by atoms with Crippen LogP contribution in [0.1, 0.15) is 11.1 Å². The smallest absolute Gasteiger partial charge is 0.404 e. The van der Waals surface area contributed by atoms with Crippen molar-refractivity contribution in [1.82, 2.24) is 0 Å². The molecule has 2 rings (SSSR count). The largest absolute Gasteiger partial charge is 0.573 e. The number of alkyl halides is 3. The minimum atomic E-state index is -4.77. The van der Waals surface area contributed by atoms with Crippen LogP contribution < -0.4 is 15.8 Å². The van der Waals surface area contributed by atoms with Gasteiger partial charge in [-0.05, 0) is 31.0 Å². The third-order valence-corrected chi connectivity index (χ3v) is 3.18. The van der Waals surface area contributed by atoms with Gasteiger partial charge in [0.15, 0.2) is 11.7 Å². The highest BCUT2D eigenvalue weighted by Gasteiger charge is 2.32. The maximum atomic E-state index is 12.4. The van der Waals surface area contributed by atoms with Crippen LogP contribution in [0.15, 0.2) is 53.5 Å². The second-order valence-electron chi connectivity index (χ2n) is 5.17. The standard InChI is InChI=1S/C17H18F3N3O/c1-12-6-8-13(9-7-12)10-11-22-16(21)23-14-4-2-3-5-15(14)24-17(18,19)20/h2-9H,10-11H2,1H3,(H3,21,22,23). The van der Waals surface area contributed by atoms with Crippen LogP contribution in [0.3, 0.4) is 0 Å². The summed E-state index contributed by atoms with van der Waals surface area (Å²) in [4.78, 5) is 4.12. The van der Waals surface area contributed by atoms with Crippen molar-refractivity contribution < 1.29 is 17.9 Å². The van der Waals surface area contributed by atoms with E-state index in [-0.39, 0.29) is 17.4 Å². The number of hydrogen-bond donors (Lipinski definition) is 2. The van der Waals surface area contributed by atoms with Gasteiger partial charge in [-0.15, -0.1) is 13.2 Å². The van der Waals surface area contributed by atoms with Gasteiger partial charge in [-0.2, -0.15) is 0 Å². The van der Waals surface area contributed by atoms with Gasteiger partial charge in [-0.1, -0.05) is 42.0 Å². The minimum absolute atomic E-state index is 0.0281. The minimum Gasteiger partial charge on any atom is -0.404 e. The van der Waals surface area contributed by atoms with Crippen LogP contribution in [0.4, 0.5) is 18.9 Å².